The molecule has 0 saturated heterocycles. The lowest BCUT2D eigenvalue weighted by molar-refractivity contribution is -0.117. The average Bonchev–Trinajstić information content (AvgIpc) is 3.76. The Hall–Kier alpha value is -4.60. The van der Waals surface area contributed by atoms with Crippen LogP contribution in [-0.4, -0.2) is 55.2 Å². The molecule has 5 rings (SSSR count). The molecule has 212 valence electrons. The second-order valence-electron chi connectivity index (χ2n) is 8.97. The number of H-pyrrole nitrogens is 1. The Morgan fingerprint density at radius 1 is 1.00 bits per heavy atom. The number of halogens is 1. The number of anilines is 3. The number of hydrogen-bond donors (Lipinski definition) is 3. The summed E-state index contributed by atoms with van der Waals surface area (Å²) in [6.07, 6.45) is 2.06. The number of ether oxygens (including phenoxy) is 2. The van der Waals surface area contributed by atoms with E-state index in [0.717, 1.165) is 35.2 Å². The number of carbonyl (C=O) groups is 2. The third-order valence-corrected chi connectivity index (χ3v) is 5.95. The Kier molecular flexibility index (Phi) is 10.5. The summed E-state index contributed by atoms with van der Waals surface area (Å²) >= 11 is 0. The number of nitrogens with zero attached hydrogens (tertiary/aromatic N) is 2. The van der Waals surface area contributed by atoms with Gasteiger partial charge in [0.25, 0.3) is 5.91 Å². The number of para-hydroxylation sites is 1. The van der Waals surface area contributed by atoms with Gasteiger partial charge < -0.3 is 25.0 Å². The molecular formula is C30H36FN5O4. The highest BCUT2D eigenvalue weighted by Crippen LogP contribution is 2.33. The van der Waals surface area contributed by atoms with E-state index in [1.54, 1.807) is 21.2 Å². The minimum Gasteiger partial charge on any atom is -0.497 e. The van der Waals surface area contributed by atoms with Crippen molar-refractivity contribution in [3.05, 3.63) is 72.0 Å². The van der Waals surface area contributed by atoms with Crippen molar-refractivity contribution >= 4 is 39.9 Å². The van der Waals surface area contributed by atoms with Crippen LogP contribution in [0.25, 0.3) is 10.9 Å². The van der Waals surface area contributed by atoms with E-state index in [9.17, 15) is 14.0 Å². The standard InChI is InChI=1S/C17H17FN4O2.C11H13NO2.C2H6/c1-22(2)17(23)11-8-15(24-3)14(9-12(11)18)19-16-10-6-4-5-7-13(10)20-21-16;1-14-10-6-4-9(5-7-10)12-11(13)8-2-3-8;1-2/h4-9H,1-3H3,(H2,19,20,21);4-8H,2-3H2,1H3,(H,12,13);1-2H3. The number of aromatic amines is 1. The molecule has 9 nitrogen and oxygen atoms in total. The first kappa shape index (κ1) is 29.9. The van der Waals surface area contributed by atoms with Gasteiger partial charge in [0.2, 0.25) is 5.91 Å². The lowest BCUT2D eigenvalue weighted by Gasteiger charge is -2.15. The van der Waals surface area contributed by atoms with Crippen molar-refractivity contribution in [1.29, 1.82) is 0 Å². The van der Waals surface area contributed by atoms with Gasteiger partial charge in [-0.2, -0.15) is 5.10 Å². The molecule has 1 fully saturated rings. The Morgan fingerprint density at radius 3 is 2.27 bits per heavy atom. The van der Waals surface area contributed by atoms with Crippen molar-refractivity contribution in [3.8, 4) is 11.5 Å². The summed E-state index contributed by atoms with van der Waals surface area (Å²) in [5.74, 6) is 1.03. The van der Waals surface area contributed by atoms with Gasteiger partial charge in [0.15, 0.2) is 5.82 Å². The minimum atomic E-state index is -0.628. The summed E-state index contributed by atoms with van der Waals surface area (Å²) in [5, 5.41) is 13.9. The molecule has 4 aromatic rings. The van der Waals surface area contributed by atoms with Gasteiger partial charge in [-0.15, -0.1) is 0 Å². The molecule has 2 amide bonds. The van der Waals surface area contributed by atoms with E-state index in [1.165, 1.54) is 24.1 Å². The van der Waals surface area contributed by atoms with Crippen molar-refractivity contribution in [3.63, 3.8) is 0 Å². The molecule has 1 aromatic heterocycles. The normalized spacial score (nSPS) is 11.8. The molecule has 0 unspecified atom stereocenters. The zero-order chi connectivity index (χ0) is 29.2. The van der Waals surface area contributed by atoms with Crippen molar-refractivity contribution in [2.24, 2.45) is 5.92 Å². The topological polar surface area (TPSA) is 109 Å². The number of aromatic nitrogens is 2. The van der Waals surface area contributed by atoms with Gasteiger partial charge >= 0.3 is 0 Å². The average molecular weight is 550 g/mol. The van der Waals surface area contributed by atoms with E-state index in [0.29, 0.717) is 17.3 Å². The maximum absolute atomic E-state index is 14.3. The quantitative estimate of drug-likeness (QED) is 0.252. The van der Waals surface area contributed by atoms with Gasteiger partial charge in [-0.25, -0.2) is 4.39 Å². The Morgan fingerprint density at radius 2 is 1.68 bits per heavy atom. The number of methoxy groups -OCH3 is 2. The van der Waals surface area contributed by atoms with Crippen LogP contribution in [0.5, 0.6) is 11.5 Å². The van der Waals surface area contributed by atoms with Gasteiger partial charge in [-0.1, -0.05) is 26.0 Å². The van der Waals surface area contributed by atoms with E-state index < -0.39 is 11.7 Å². The third kappa shape index (κ3) is 7.49. The van der Waals surface area contributed by atoms with Crippen LogP contribution in [0.4, 0.5) is 21.6 Å². The molecule has 0 aliphatic heterocycles. The number of fused-ring (bicyclic) bond motifs is 1. The third-order valence-electron chi connectivity index (χ3n) is 5.95. The van der Waals surface area contributed by atoms with Crippen molar-refractivity contribution in [2.45, 2.75) is 26.7 Å². The van der Waals surface area contributed by atoms with Gasteiger partial charge in [0.05, 0.1) is 31.0 Å². The summed E-state index contributed by atoms with van der Waals surface area (Å²) in [4.78, 5) is 24.7. The van der Waals surface area contributed by atoms with E-state index >= 15 is 0 Å². The van der Waals surface area contributed by atoms with Crippen LogP contribution in [0.3, 0.4) is 0 Å². The second-order valence-corrected chi connectivity index (χ2v) is 8.97. The Balaban J connectivity index is 0.000000234. The van der Waals surface area contributed by atoms with E-state index in [4.69, 9.17) is 9.47 Å². The van der Waals surface area contributed by atoms with Crippen molar-refractivity contribution in [1.82, 2.24) is 15.1 Å². The molecule has 0 radical (unpaired) electrons. The van der Waals surface area contributed by atoms with Crippen LogP contribution in [-0.2, 0) is 4.79 Å². The molecule has 1 aliphatic carbocycles. The summed E-state index contributed by atoms with van der Waals surface area (Å²) in [5.41, 5.74) is 2.04. The summed E-state index contributed by atoms with van der Waals surface area (Å²) in [7, 11) is 6.22. The number of hydrogen-bond acceptors (Lipinski definition) is 6. The fourth-order valence-electron chi connectivity index (χ4n) is 3.68. The van der Waals surface area contributed by atoms with Gasteiger partial charge in [0, 0.05) is 37.2 Å². The summed E-state index contributed by atoms with van der Waals surface area (Å²) < 4.78 is 24.7. The highest BCUT2D eigenvalue weighted by molar-refractivity contribution is 5.96. The number of amides is 2. The number of nitrogens with one attached hydrogen (secondary N) is 3. The predicted molar refractivity (Wildman–Crippen MR) is 156 cm³/mol. The molecule has 10 heteroatoms. The van der Waals surface area contributed by atoms with Crippen molar-refractivity contribution < 1.29 is 23.5 Å². The van der Waals surface area contributed by atoms with Crippen molar-refractivity contribution in [2.75, 3.05) is 38.9 Å². The van der Waals surface area contributed by atoms with E-state index in [1.807, 2.05) is 62.4 Å². The monoisotopic (exact) mass is 549 g/mol. The molecule has 0 spiro atoms. The molecule has 0 bridgehead atoms. The number of rotatable bonds is 7. The predicted octanol–water partition coefficient (Wildman–Crippen LogP) is 6.23. The van der Waals surface area contributed by atoms with Crippen LogP contribution in [0.1, 0.15) is 37.0 Å². The highest BCUT2D eigenvalue weighted by atomic mass is 19.1. The molecule has 40 heavy (non-hydrogen) atoms. The Bertz CT molecular complexity index is 1430. The molecule has 1 heterocycles. The molecular weight excluding hydrogens is 513 g/mol. The smallest absolute Gasteiger partial charge is 0.256 e. The van der Waals surface area contributed by atoms with Gasteiger partial charge in [-0.05, 0) is 55.3 Å². The summed E-state index contributed by atoms with van der Waals surface area (Å²) in [6, 6.07) is 17.6. The van der Waals surface area contributed by atoms with Crippen LogP contribution >= 0.6 is 0 Å². The molecule has 0 atom stereocenters. The molecule has 3 N–H and O–H groups in total. The van der Waals surface area contributed by atoms with Crippen LogP contribution in [0.2, 0.25) is 0 Å². The molecule has 3 aromatic carbocycles. The first-order valence-corrected chi connectivity index (χ1v) is 13.0. The number of carbonyl (C=O) groups excluding carboxylic acids is 2. The van der Waals surface area contributed by atoms with Crippen LogP contribution in [0, 0.1) is 11.7 Å². The molecule has 1 aliphatic rings. The fraction of sp³-hybridized carbons (Fsp3) is 0.300. The van der Waals surface area contributed by atoms with E-state index in [2.05, 4.69) is 20.8 Å². The van der Waals surface area contributed by atoms with Crippen LogP contribution < -0.4 is 20.1 Å². The molecule has 1 saturated carbocycles. The summed E-state index contributed by atoms with van der Waals surface area (Å²) in [6.45, 7) is 4.00. The zero-order valence-corrected chi connectivity index (χ0v) is 23.7. The first-order chi connectivity index (χ1) is 19.3. The number of benzene rings is 3. The zero-order valence-electron chi connectivity index (χ0n) is 23.7. The largest absolute Gasteiger partial charge is 0.497 e. The Labute approximate surface area is 233 Å². The lowest BCUT2D eigenvalue weighted by Crippen LogP contribution is -2.23. The highest BCUT2D eigenvalue weighted by Gasteiger charge is 2.29. The van der Waals surface area contributed by atoms with Crippen LogP contribution in [0.15, 0.2) is 60.7 Å². The SMILES string of the molecule is CC.COc1cc(C(=O)N(C)C)c(F)cc1Nc1n[nH]c2ccccc12.COc1ccc(NC(=O)C2CC2)cc1. The first-order valence-electron chi connectivity index (χ1n) is 13.0. The minimum absolute atomic E-state index is 0.0470. The van der Waals surface area contributed by atoms with Gasteiger partial charge in [0.1, 0.15) is 17.3 Å². The maximum Gasteiger partial charge on any atom is 0.256 e. The van der Waals surface area contributed by atoms with E-state index in [-0.39, 0.29) is 17.4 Å². The lowest BCUT2D eigenvalue weighted by atomic mass is 10.1. The fourth-order valence-corrected chi connectivity index (χ4v) is 3.68. The maximum atomic E-state index is 14.3. The van der Waals surface area contributed by atoms with Gasteiger partial charge in [-0.3, -0.25) is 14.7 Å². The second kappa shape index (κ2) is 14.0.